The van der Waals surface area contributed by atoms with Gasteiger partial charge in [-0.25, -0.2) is 0 Å². The number of carbonyl (C=O) groups excluding carboxylic acids is 1. The van der Waals surface area contributed by atoms with Gasteiger partial charge in [0.05, 0.1) is 12.6 Å². The Bertz CT molecular complexity index is 124. The van der Waals surface area contributed by atoms with Crippen molar-refractivity contribution < 1.29 is 4.79 Å². The molecule has 0 bridgehead atoms. The molecule has 0 spiro atoms. The van der Waals surface area contributed by atoms with E-state index in [1.165, 1.54) is 0 Å². The van der Waals surface area contributed by atoms with Crippen molar-refractivity contribution in [2.75, 3.05) is 13.6 Å². The topological polar surface area (TPSA) is 51.0 Å². The summed E-state index contributed by atoms with van der Waals surface area (Å²) in [5.74, 6) is 0.269. The molecule has 0 aromatic carbocycles. The highest BCUT2D eigenvalue weighted by Crippen LogP contribution is 2.09. The predicted molar refractivity (Wildman–Crippen MR) is 35.3 cm³/mol. The van der Waals surface area contributed by atoms with Gasteiger partial charge in [0.25, 0.3) is 0 Å². The first-order chi connectivity index (χ1) is 4.25. The second-order valence-electron chi connectivity index (χ2n) is 2.43. The average Bonchev–Trinajstić information content (AvgIpc) is 2.47. The number of ketones is 1. The summed E-state index contributed by atoms with van der Waals surface area (Å²) in [5, 5.41) is 5.85. The smallest absolute Gasteiger partial charge is 0.165 e. The van der Waals surface area contributed by atoms with E-state index in [2.05, 4.69) is 10.6 Å². The van der Waals surface area contributed by atoms with Crippen molar-refractivity contribution in [1.29, 1.82) is 0 Å². The molecule has 0 aliphatic carbocycles. The Hall–Kier alpha value is -0.410. The van der Waals surface area contributed by atoms with E-state index in [1.807, 2.05) is 6.92 Å². The van der Waals surface area contributed by atoms with Crippen LogP contribution in [0.15, 0.2) is 0 Å². The molecule has 0 aromatic rings. The molecule has 2 unspecified atom stereocenters. The third kappa shape index (κ3) is 1.50. The Morgan fingerprint density at radius 3 is 2.67 bits per heavy atom. The average molecular weight is 128 g/mol. The van der Waals surface area contributed by atoms with Crippen LogP contribution in [0.2, 0.25) is 0 Å². The molecule has 0 radical (unpaired) electrons. The Morgan fingerprint density at radius 1 is 1.78 bits per heavy atom. The van der Waals surface area contributed by atoms with E-state index < -0.39 is 0 Å². The van der Waals surface area contributed by atoms with Gasteiger partial charge in [-0.2, -0.15) is 0 Å². The molecule has 1 aliphatic heterocycles. The zero-order valence-corrected chi connectivity index (χ0v) is 5.77. The summed E-state index contributed by atoms with van der Waals surface area (Å²) in [6.45, 7) is 2.50. The van der Waals surface area contributed by atoms with Crippen LogP contribution in [0.3, 0.4) is 0 Å². The number of carbonyl (C=O) groups is 1. The van der Waals surface area contributed by atoms with Gasteiger partial charge in [-0.3, -0.25) is 4.79 Å². The Morgan fingerprint density at radius 2 is 2.33 bits per heavy atom. The van der Waals surface area contributed by atoms with Gasteiger partial charge >= 0.3 is 0 Å². The first-order valence-corrected chi connectivity index (χ1v) is 3.19. The Labute approximate surface area is 54.8 Å². The molecule has 52 valence electrons. The van der Waals surface area contributed by atoms with Crippen LogP contribution in [0.1, 0.15) is 6.92 Å². The van der Waals surface area contributed by atoms with Gasteiger partial charge in [0.1, 0.15) is 0 Å². The van der Waals surface area contributed by atoms with Crippen molar-refractivity contribution in [1.82, 2.24) is 10.6 Å². The molecule has 0 aromatic heterocycles. The zero-order chi connectivity index (χ0) is 6.85. The molecule has 3 nitrogen and oxygen atoms in total. The maximum absolute atomic E-state index is 10.9. The highest BCUT2D eigenvalue weighted by Gasteiger charge is 2.37. The number of hydrogen-bond acceptors (Lipinski definition) is 3. The molecule has 2 atom stereocenters. The van der Waals surface area contributed by atoms with Crippen molar-refractivity contribution in [3.05, 3.63) is 0 Å². The second-order valence-corrected chi connectivity index (χ2v) is 2.43. The molecular formula is C6H12N2O. The normalized spacial score (nSPS) is 32.2. The van der Waals surface area contributed by atoms with Gasteiger partial charge < -0.3 is 10.6 Å². The number of hydrogen-bond donors (Lipinski definition) is 2. The molecule has 9 heavy (non-hydrogen) atoms. The number of likely N-dealkylation sites (N-methyl/N-ethyl adjacent to an activating group) is 1. The van der Waals surface area contributed by atoms with E-state index in [9.17, 15) is 4.79 Å². The molecule has 1 rings (SSSR count). The lowest BCUT2D eigenvalue weighted by atomic mass is 10.2. The summed E-state index contributed by atoms with van der Waals surface area (Å²) >= 11 is 0. The fraction of sp³-hybridized carbons (Fsp3) is 0.833. The second kappa shape index (κ2) is 2.45. The third-order valence-corrected chi connectivity index (χ3v) is 1.53. The fourth-order valence-electron chi connectivity index (χ4n) is 0.884. The van der Waals surface area contributed by atoms with Crippen LogP contribution in [0.4, 0.5) is 0 Å². The molecule has 3 heteroatoms. The summed E-state index contributed by atoms with van der Waals surface area (Å²) in [4.78, 5) is 10.9. The number of Topliss-reactive ketones (excluding diaryl/α,β-unsaturated/α-hetero) is 1. The van der Waals surface area contributed by atoms with E-state index in [1.54, 1.807) is 7.05 Å². The first kappa shape index (κ1) is 6.71. The summed E-state index contributed by atoms with van der Waals surface area (Å²) in [7, 11) is 1.78. The van der Waals surface area contributed by atoms with Crippen LogP contribution in [0.25, 0.3) is 0 Å². The quantitative estimate of drug-likeness (QED) is 0.486. The molecule has 1 fully saturated rings. The van der Waals surface area contributed by atoms with Crippen molar-refractivity contribution in [3.8, 4) is 0 Å². The molecule has 1 aliphatic rings. The van der Waals surface area contributed by atoms with E-state index in [-0.39, 0.29) is 11.8 Å². The van der Waals surface area contributed by atoms with Gasteiger partial charge in [0, 0.05) is 6.04 Å². The van der Waals surface area contributed by atoms with Gasteiger partial charge in [-0.1, -0.05) is 0 Å². The number of rotatable bonds is 3. The van der Waals surface area contributed by atoms with Crippen molar-refractivity contribution in [3.63, 3.8) is 0 Å². The van der Waals surface area contributed by atoms with Crippen LogP contribution >= 0.6 is 0 Å². The summed E-state index contributed by atoms with van der Waals surface area (Å²) < 4.78 is 0. The Kier molecular flexibility index (Phi) is 1.83. The van der Waals surface area contributed by atoms with Crippen LogP contribution < -0.4 is 10.6 Å². The van der Waals surface area contributed by atoms with E-state index in [0.29, 0.717) is 12.6 Å². The standard InChI is InChI=1S/C6H12N2O/c1-4-6(8-4)5(9)3-7-2/h4,6-8H,3H2,1-2H3. The van der Waals surface area contributed by atoms with E-state index in [4.69, 9.17) is 0 Å². The Balaban J connectivity index is 2.20. The van der Waals surface area contributed by atoms with Crippen LogP contribution in [0, 0.1) is 0 Å². The molecule has 1 saturated heterocycles. The monoisotopic (exact) mass is 128 g/mol. The molecule has 2 N–H and O–H groups in total. The molecule has 1 heterocycles. The minimum absolute atomic E-state index is 0.137. The van der Waals surface area contributed by atoms with Gasteiger partial charge in [-0.15, -0.1) is 0 Å². The van der Waals surface area contributed by atoms with E-state index >= 15 is 0 Å². The van der Waals surface area contributed by atoms with Crippen molar-refractivity contribution >= 4 is 5.78 Å². The predicted octanol–water partition coefficient (Wildman–Crippen LogP) is -0.865. The van der Waals surface area contributed by atoms with Crippen LogP contribution in [-0.2, 0) is 4.79 Å². The maximum atomic E-state index is 10.9. The minimum atomic E-state index is 0.137. The minimum Gasteiger partial charge on any atom is -0.313 e. The fourth-order valence-corrected chi connectivity index (χ4v) is 0.884. The maximum Gasteiger partial charge on any atom is 0.165 e. The summed E-state index contributed by atoms with van der Waals surface area (Å²) in [6.07, 6.45) is 0. The lowest BCUT2D eigenvalue weighted by Gasteiger charge is -1.92. The lowest BCUT2D eigenvalue weighted by molar-refractivity contribution is -0.117. The van der Waals surface area contributed by atoms with Crippen LogP contribution in [-0.4, -0.2) is 31.5 Å². The summed E-state index contributed by atoms with van der Waals surface area (Å²) in [6, 6.07) is 0.545. The van der Waals surface area contributed by atoms with Gasteiger partial charge in [0.2, 0.25) is 0 Å². The first-order valence-electron chi connectivity index (χ1n) is 3.19. The van der Waals surface area contributed by atoms with Crippen molar-refractivity contribution in [2.45, 2.75) is 19.0 Å². The van der Waals surface area contributed by atoms with Gasteiger partial charge in [0.15, 0.2) is 5.78 Å². The number of nitrogens with one attached hydrogen (secondary N) is 2. The molecule has 0 saturated carbocycles. The zero-order valence-electron chi connectivity index (χ0n) is 5.77. The summed E-state index contributed by atoms with van der Waals surface area (Å²) in [5.41, 5.74) is 0. The third-order valence-electron chi connectivity index (χ3n) is 1.53. The SMILES string of the molecule is CNCC(=O)C1NC1C. The largest absolute Gasteiger partial charge is 0.313 e. The highest BCUT2D eigenvalue weighted by molar-refractivity contribution is 5.89. The van der Waals surface area contributed by atoms with Gasteiger partial charge in [-0.05, 0) is 14.0 Å². The van der Waals surface area contributed by atoms with E-state index in [0.717, 1.165) is 0 Å². The molecular weight excluding hydrogens is 116 g/mol. The van der Waals surface area contributed by atoms with Crippen LogP contribution in [0.5, 0.6) is 0 Å². The highest BCUT2D eigenvalue weighted by atomic mass is 16.1. The molecule has 0 amide bonds. The lowest BCUT2D eigenvalue weighted by Crippen LogP contribution is -2.24. The van der Waals surface area contributed by atoms with Crippen molar-refractivity contribution in [2.24, 2.45) is 0 Å².